The highest BCUT2D eigenvalue weighted by molar-refractivity contribution is 14.0. The van der Waals surface area contributed by atoms with E-state index in [9.17, 15) is 0 Å². The molecule has 0 amide bonds. The van der Waals surface area contributed by atoms with Crippen LogP contribution < -0.4 is 10.6 Å². The number of nitrogens with one attached hydrogen (secondary N) is 2. The van der Waals surface area contributed by atoms with Gasteiger partial charge in [-0.25, -0.2) is 9.67 Å². The maximum atomic E-state index is 5.14. The number of methoxy groups -OCH3 is 1. The first-order chi connectivity index (χ1) is 13.3. The van der Waals surface area contributed by atoms with Crippen molar-refractivity contribution < 1.29 is 4.74 Å². The predicted octanol–water partition coefficient (Wildman–Crippen LogP) is 2.25. The third-order valence-corrected chi connectivity index (χ3v) is 5.29. The molecule has 28 heavy (non-hydrogen) atoms. The number of aliphatic imine (C=N–C) groups is 1. The van der Waals surface area contributed by atoms with Crippen LogP contribution in [0.25, 0.3) is 0 Å². The zero-order valence-electron chi connectivity index (χ0n) is 16.5. The van der Waals surface area contributed by atoms with Crippen molar-refractivity contribution in [2.75, 3.05) is 20.2 Å². The molecule has 1 aliphatic heterocycles. The SMILES string of the molecule is CCNC(=NCC1Cc2ccccc21)NC1CCc2nc(COC)nn2C1.I. The second-order valence-corrected chi connectivity index (χ2v) is 7.26. The predicted molar refractivity (Wildman–Crippen MR) is 120 cm³/mol. The van der Waals surface area contributed by atoms with Gasteiger partial charge in [0.05, 0.1) is 6.54 Å². The van der Waals surface area contributed by atoms with E-state index in [4.69, 9.17) is 9.73 Å². The van der Waals surface area contributed by atoms with Gasteiger partial charge in [0.15, 0.2) is 11.8 Å². The van der Waals surface area contributed by atoms with Crippen LogP contribution in [0.15, 0.2) is 29.3 Å². The Morgan fingerprint density at radius 1 is 1.36 bits per heavy atom. The summed E-state index contributed by atoms with van der Waals surface area (Å²) in [5, 5.41) is 11.5. The van der Waals surface area contributed by atoms with Gasteiger partial charge in [0.1, 0.15) is 12.4 Å². The van der Waals surface area contributed by atoms with E-state index < -0.39 is 0 Å². The summed E-state index contributed by atoms with van der Waals surface area (Å²) in [4.78, 5) is 9.39. The number of benzene rings is 1. The molecule has 4 rings (SSSR count). The summed E-state index contributed by atoms with van der Waals surface area (Å²) in [6, 6.07) is 8.98. The molecule has 2 unspecified atom stereocenters. The number of ether oxygens (including phenoxy) is 1. The van der Waals surface area contributed by atoms with Gasteiger partial charge in [-0.3, -0.25) is 4.99 Å². The fourth-order valence-corrected chi connectivity index (χ4v) is 3.91. The van der Waals surface area contributed by atoms with Crippen molar-refractivity contribution in [2.24, 2.45) is 4.99 Å². The second-order valence-electron chi connectivity index (χ2n) is 7.26. The minimum Gasteiger partial charge on any atom is -0.377 e. The number of hydrogen-bond donors (Lipinski definition) is 2. The number of halogens is 1. The highest BCUT2D eigenvalue weighted by Gasteiger charge is 2.26. The molecule has 2 heterocycles. The van der Waals surface area contributed by atoms with Crippen LogP contribution in [0.1, 0.15) is 42.0 Å². The molecule has 0 fully saturated rings. The number of aromatic nitrogens is 3. The van der Waals surface area contributed by atoms with Gasteiger partial charge in [0, 0.05) is 38.6 Å². The normalized spacial score (nSPS) is 20.4. The molecule has 1 aliphatic carbocycles. The van der Waals surface area contributed by atoms with Crippen molar-refractivity contribution in [3.8, 4) is 0 Å². The lowest BCUT2D eigenvalue weighted by atomic mass is 9.78. The minimum atomic E-state index is 0. The molecule has 1 aromatic carbocycles. The Labute approximate surface area is 183 Å². The average Bonchev–Trinajstić information content (AvgIpc) is 3.04. The second kappa shape index (κ2) is 9.69. The molecule has 8 heteroatoms. The summed E-state index contributed by atoms with van der Waals surface area (Å²) in [5.74, 6) is 3.25. The highest BCUT2D eigenvalue weighted by atomic mass is 127. The molecule has 0 saturated heterocycles. The molecule has 1 aromatic heterocycles. The Morgan fingerprint density at radius 3 is 3.00 bits per heavy atom. The number of rotatable bonds is 6. The average molecular weight is 496 g/mol. The zero-order valence-corrected chi connectivity index (χ0v) is 18.8. The molecular weight excluding hydrogens is 467 g/mol. The summed E-state index contributed by atoms with van der Waals surface area (Å²) in [6.45, 7) is 5.05. The van der Waals surface area contributed by atoms with E-state index >= 15 is 0 Å². The van der Waals surface area contributed by atoms with Crippen molar-refractivity contribution >= 4 is 29.9 Å². The molecule has 0 radical (unpaired) electrons. The lowest BCUT2D eigenvalue weighted by molar-refractivity contribution is 0.177. The summed E-state index contributed by atoms with van der Waals surface area (Å²) in [5.41, 5.74) is 2.92. The summed E-state index contributed by atoms with van der Waals surface area (Å²) < 4.78 is 7.14. The third-order valence-electron chi connectivity index (χ3n) is 5.29. The first kappa shape index (κ1) is 21.0. The largest absolute Gasteiger partial charge is 0.377 e. The topological polar surface area (TPSA) is 76.4 Å². The number of fused-ring (bicyclic) bond motifs is 2. The van der Waals surface area contributed by atoms with Crippen LogP contribution in [0.4, 0.5) is 0 Å². The van der Waals surface area contributed by atoms with E-state index in [1.165, 1.54) is 11.1 Å². The molecule has 2 atom stereocenters. The lowest BCUT2D eigenvalue weighted by Crippen LogP contribution is -2.47. The number of aryl methyl sites for hydroxylation is 1. The third kappa shape index (κ3) is 4.65. The molecule has 2 aliphatic rings. The monoisotopic (exact) mass is 496 g/mol. The van der Waals surface area contributed by atoms with E-state index in [1.54, 1.807) is 7.11 Å². The van der Waals surface area contributed by atoms with Gasteiger partial charge in [-0.2, -0.15) is 5.10 Å². The van der Waals surface area contributed by atoms with Gasteiger partial charge in [-0.1, -0.05) is 24.3 Å². The summed E-state index contributed by atoms with van der Waals surface area (Å²) in [6.07, 6.45) is 3.08. The molecular formula is C20H29IN6O. The molecule has 0 spiro atoms. The van der Waals surface area contributed by atoms with E-state index in [0.717, 1.165) is 56.5 Å². The van der Waals surface area contributed by atoms with Crippen LogP contribution in [0.2, 0.25) is 0 Å². The number of guanidine groups is 1. The molecule has 0 saturated carbocycles. The Kier molecular flexibility index (Phi) is 7.28. The molecule has 7 nitrogen and oxygen atoms in total. The Bertz CT molecular complexity index is 821. The molecule has 2 N–H and O–H groups in total. The first-order valence-electron chi connectivity index (χ1n) is 9.81. The Hall–Kier alpha value is -1.68. The van der Waals surface area contributed by atoms with Crippen molar-refractivity contribution in [3.63, 3.8) is 0 Å². The van der Waals surface area contributed by atoms with Gasteiger partial charge in [0.25, 0.3) is 0 Å². The van der Waals surface area contributed by atoms with Crippen LogP contribution in [-0.4, -0.2) is 47.0 Å². The van der Waals surface area contributed by atoms with Gasteiger partial charge >= 0.3 is 0 Å². The van der Waals surface area contributed by atoms with Crippen LogP contribution in [0.5, 0.6) is 0 Å². The maximum Gasteiger partial charge on any atom is 0.191 e. The van der Waals surface area contributed by atoms with Crippen molar-refractivity contribution in [2.45, 2.75) is 51.3 Å². The van der Waals surface area contributed by atoms with E-state index in [-0.39, 0.29) is 24.0 Å². The molecule has 0 bridgehead atoms. The van der Waals surface area contributed by atoms with Crippen LogP contribution in [0, 0.1) is 0 Å². The Balaban J connectivity index is 0.00000225. The fraction of sp³-hybridized carbons (Fsp3) is 0.550. The van der Waals surface area contributed by atoms with Crippen LogP contribution >= 0.6 is 24.0 Å². The lowest BCUT2D eigenvalue weighted by Gasteiger charge is -2.29. The Morgan fingerprint density at radius 2 is 2.21 bits per heavy atom. The quantitative estimate of drug-likeness (QED) is 0.365. The standard InChI is InChI=1S/C20H28N6O.HI/c1-3-21-20(22-11-15-10-14-6-4-5-7-17(14)15)23-16-8-9-19-24-18(13-27-2)25-26(19)12-16;/h4-7,15-16H,3,8-13H2,1-2H3,(H2,21,22,23);1H. The van der Waals surface area contributed by atoms with E-state index in [0.29, 0.717) is 18.6 Å². The van der Waals surface area contributed by atoms with Crippen molar-refractivity contribution in [3.05, 3.63) is 47.0 Å². The fourth-order valence-electron chi connectivity index (χ4n) is 3.91. The van der Waals surface area contributed by atoms with Gasteiger partial charge in [-0.05, 0) is 30.9 Å². The minimum absolute atomic E-state index is 0. The number of hydrogen-bond acceptors (Lipinski definition) is 4. The van der Waals surface area contributed by atoms with Gasteiger partial charge in [0.2, 0.25) is 0 Å². The van der Waals surface area contributed by atoms with Gasteiger partial charge in [-0.15, -0.1) is 24.0 Å². The van der Waals surface area contributed by atoms with Crippen molar-refractivity contribution in [1.29, 1.82) is 0 Å². The molecule has 2 aromatic rings. The van der Waals surface area contributed by atoms with E-state index in [2.05, 4.69) is 51.9 Å². The van der Waals surface area contributed by atoms with Crippen molar-refractivity contribution in [1.82, 2.24) is 25.4 Å². The highest BCUT2D eigenvalue weighted by Crippen LogP contribution is 2.34. The van der Waals surface area contributed by atoms with E-state index in [1.807, 2.05) is 4.68 Å². The summed E-state index contributed by atoms with van der Waals surface area (Å²) >= 11 is 0. The maximum absolute atomic E-state index is 5.14. The number of nitrogens with zero attached hydrogens (tertiary/aromatic N) is 4. The van der Waals surface area contributed by atoms with Crippen LogP contribution in [0.3, 0.4) is 0 Å². The van der Waals surface area contributed by atoms with Crippen LogP contribution in [-0.2, 0) is 30.7 Å². The zero-order chi connectivity index (χ0) is 18.6. The first-order valence-corrected chi connectivity index (χ1v) is 9.81. The molecule has 152 valence electrons. The van der Waals surface area contributed by atoms with Gasteiger partial charge < -0.3 is 15.4 Å². The summed E-state index contributed by atoms with van der Waals surface area (Å²) in [7, 11) is 1.67. The smallest absolute Gasteiger partial charge is 0.191 e.